The number of carbonyl (C=O) groups excluding carboxylic acids is 2. The second-order valence-corrected chi connectivity index (χ2v) is 5.35. The van der Waals surface area contributed by atoms with Crippen LogP contribution in [0.5, 0.6) is 0 Å². The molecule has 2 rings (SSSR count). The van der Waals surface area contributed by atoms with Crippen LogP contribution in [0.25, 0.3) is 0 Å². The van der Waals surface area contributed by atoms with E-state index in [4.69, 9.17) is 0 Å². The van der Waals surface area contributed by atoms with E-state index in [-0.39, 0.29) is 23.3 Å². The quantitative estimate of drug-likeness (QED) is 0.844. The SMILES string of the molecule is COC(=O)c1cnc(C(=O)N[C@@H](C)c2ccccc2Br)cn1. The molecule has 0 aliphatic heterocycles. The molecule has 0 spiro atoms. The van der Waals surface area contributed by atoms with Gasteiger partial charge in [-0.05, 0) is 18.6 Å². The Hall–Kier alpha value is -2.28. The van der Waals surface area contributed by atoms with Crippen molar-refractivity contribution in [1.82, 2.24) is 15.3 Å². The number of methoxy groups -OCH3 is 1. The predicted octanol–water partition coefficient (Wildman–Crippen LogP) is 2.52. The number of nitrogens with one attached hydrogen (secondary N) is 1. The molecule has 0 aliphatic carbocycles. The van der Waals surface area contributed by atoms with Crippen molar-refractivity contribution in [1.29, 1.82) is 0 Å². The van der Waals surface area contributed by atoms with E-state index in [1.807, 2.05) is 31.2 Å². The van der Waals surface area contributed by atoms with Crippen LogP contribution >= 0.6 is 15.9 Å². The van der Waals surface area contributed by atoms with E-state index < -0.39 is 5.97 Å². The molecule has 22 heavy (non-hydrogen) atoms. The molecule has 1 heterocycles. The Balaban J connectivity index is 2.09. The van der Waals surface area contributed by atoms with Crippen molar-refractivity contribution in [2.45, 2.75) is 13.0 Å². The number of carbonyl (C=O) groups is 2. The minimum atomic E-state index is -0.596. The molecule has 0 fully saturated rings. The third-order valence-electron chi connectivity index (χ3n) is 3.00. The summed E-state index contributed by atoms with van der Waals surface area (Å²) in [5.41, 5.74) is 1.14. The van der Waals surface area contributed by atoms with Gasteiger partial charge in [0.05, 0.1) is 25.5 Å². The number of esters is 1. The molecule has 2 aromatic rings. The van der Waals surface area contributed by atoms with Crippen LogP contribution in [0.1, 0.15) is 39.5 Å². The lowest BCUT2D eigenvalue weighted by Gasteiger charge is -2.15. The molecule has 1 amide bonds. The highest BCUT2D eigenvalue weighted by Gasteiger charge is 2.16. The van der Waals surface area contributed by atoms with Crippen molar-refractivity contribution >= 4 is 27.8 Å². The molecule has 1 N–H and O–H groups in total. The Bertz CT molecular complexity index is 689. The smallest absolute Gasteiger partial charge is 0.358 e. The second kappa shape index (κ2) is 7.13. The topological polar surface area (TPSA) is 81.2 Å². The summed E-state index contributed by atoms with van der Waals surface area (Å²) in [7, 11) is 1.25. The van der Waals surface area contributed by atoms with E-state index >= 15 is 0 Å². The van der Waals surface area contributed by atoms with E-state index in [1.165, 1.54) is 19.5 Å². The van der Waals surface area contributed by atoms with Crippen molar-refractivity contribution in [3.63, 3.8) is 0 Å². The number of hydrogen-bond donors (Lipinski definition) is 1. The van der Waals surface area contributed by atoms with Crippen LogP contribution in [-0.4, -0.2) is 29.0 Å². The van der Waals surface area contributed by atoms with Crippen LogP contribution in [0.3, 0.4) is 0 Å². The molecular weight excluding hydrogens is 350 g/mol. The Morgan fingerprint density at radius 3 is 2.41 bits per heavy atom. The lowest BCUT2D eigenvalue weighted by atomic mass is 10.1. The van der Waals surface area contributed by atoms with Crippen LogP contribution in [-0.2, 0) is 4.74 Å². The van der Waals surface area contributed by atoms with Gasteiger partial charge in [0.25, 0.3) is 5.91 Å². The van der Waals surface area contributed by atoms with Crippen molar-refractivity contribution in [3.8, 4) is 0 Å². The minimum Gasteiger partial charge on any atom is -0.464 e. The maximum atomic E-state index is 12.1. The van der Waals surface area contributed by atoms with Crippen LogP contribution in [0.15, 0.2) is 41.1 Å². The summed E-state index contributed by atoms with van der Waals surface area (Å²) in [5, 5.41) is 2.83. The van der Waals surface area contributed by atoms with Crippen LogP contribution in [0.2, 0.25) is 0 Å². The third kappa shape index (κ3) is 3.67. The standard InChI is InChI=1S/C15H14BrN3O3/c1-9(10-5-3-4-6-11(10)16)19-14(20)12-7-18-13(8-17-12)15(21)22-2/h3-9H,1-2H3,(H,19,20)/t9-/m0/s1. The van der Waals surface area contributed by atoms with Gasteiger partial charge in [-0.2, -0.15) is 0 Å². The Labute approximate surface area is 136 Å². The third-order valence-corrected chi connectivity index (χ3v) is 3.72. The average Bonchev–Trinajstić information content (AvgIpc) is 2.54. The van der Waals surface area contributed by atoms with Gasteiger partial charge >= 0.3 is 5.97 Å². The largest absolute Gasteiger partial charge is 0.464 e. The van der Waals surface area contributed by atoms with Gasteiger partial charge < -0.3 is 10.1 Å². The van der Waals surface area contributed by atoms with Crippen molar-refractivity contribution in [3.05, 3.63) is 58.1 Å². The van der Waals surface area contributed by atoms with Gasteiger partial charge in [-0.3, -0.25) is 4.79 Å². The number of benzene rings is 1. The maximum Gasteiger partial charge on any atom is 0.358 e. The van der Waals surface area contributed by atoms with E-state index in [0.29, 0.717) is 0 Å². The Morgan fingerprint density at radius 2 is 1.82 bits per heavy atom. The molecule has 1 aromatic heterocycles. The first-order chi connectivity index (χ1) is 10.5. The number of rotatable bonds is 4. The molecule has 0 unspecified atom stereocenters. The minimum absolute atomic E-state index is 0.0536. The predicted molar refractivity (Wildman–Crippen MR) is 83.4 cm³/mol. The van der Waals surface area contributed by atoms with E-state index in [0.717, 1.165) is 10.0 Å². The molecule has 1 aromatic carbocycles. The average molecular weight is 364 g/mol. The summed E-state index contributed by atoms with van der Waals surface area (Å²) in [4.78, 5) is 31.2. The molecule has 0 radical (unpaired) electrons. The first-order valence-corrected chi connectivity index (χ1v) is 7.28. The second-order valence-electron chi connectivity index (χ2n) is 4.50. The number of hydrogen-bond acceptors (Lipinski definition) is 5. The molecule has 0 aliphatic rings. The Morgan fingerprint density at radius 1 is 1.18 bits per heavy atom. The molecule has 6 nitrogen and oxygen atoms in total. The summed E-state index contributed by atoms with van der Waals surface area (Å²) < 4.78 is 5.44. The zero-order valence-corrected chi connectivity index (χ0v) is 13.6. The first kappa shape index (κ1) is 16.1. The highest BCUT2D eigenvalue weighted by Crippen LogP contribution is 2.22. The summed E-state index contributed by atoms with van der Waals surface area (Å²) in [5.74, 6) is -0.965. The van der Waals surface area contributed by atoms with Crippen LogP contribution in [0, 0.1) is 0 Å². The fourth-order valence-electron chi connectivity index (χ4n) is 1.83. The lowest BCUT2D eigenvalue weighted by molar-refractivity contribution is 0.0592. The van der Waals surface area contributed by atoms with Crippen LogP contribution < -0.4 is 5.32 Å². The van der Waals surface area contributed by atoms with Crippen molar-refractivity contribution in [2.24, 2.45) is 0 Å². The molecule has 0 bridgehead atoms. The molecule has 1 atom stereocenters. The molecule has 7 heteroatoms. The number of aromatic nitrogens is 2. The highest BCUT2D eigenvalue weighted by molar-refractivity contribution is 9.10. The summed E-state index contributed by atoms with van der Waals surface area (Å²) in [6.07, 6.45) is 2.46. The fraction of sp³-hybridized carbons (Fsp3) is 0.200. The Kier molecular flexibility index (Phi) is 5.21. The van der Waals surface area contributed by atoms with Gasteiger partial charge in [0.2, 0.25) is 0 Å². The summed E-state index contributed by atoms with van der Waals surface area (Å²) in [6.45, 7) is 1.87. The van der Waals surface area contributed by atoms with Gasteiger partial charge in [-0.15, -0.1) is 0 Å². The maximum absolute atomic E-state index is 12.1. The number of amides is 1. The molecular formula is C15H14BrN3O3. The zero-order chi connectivity index (χ0) is 16.1. The van der Waals surface area contributed by atoms with E-state index in [9.17, 15) is 9.59 Å². The highest BCUT2D eigenvalue weighted by atomic mass is 79.9. The van der Waals surface area contributed by atoms with E-state index in [1.54, 1.807) is 0 Å². The van der Waals surface area contributed by atoms with Crippen LogP contribution in [0.4, 0.5) is 0 Å². The zero-order valence-electron chi connectivity index (χ0n) is 12.0. The normalized spacial score (nSPS) is 11.6. The lowest BCUT2D eigenvalue weighted by Crippen LogP contribution is -2.28. The van der Waals surface area contributed by atoms with Crippen molar-refractivity contribution < 1.29 is 14.3 Å². The van der Waals surface area contributed by atoms with Gasteiger partial charge in [0, 0.05) is 4.47 Å². The summed E-state index contributed by atoms with van der Waals surface area (Å²) >= 11 is 3.45. The van der Waals surface area contributed by atoms with E-state index in [2.05, 4.69) is 36.0 Å². The fourth-order valence-corrected chi connectivity index (χ4v) is 2.46. The molecule has 0 saturated carbocycles. The van der Waals surface area contributed by atoms with Gasteiger partial charge in [0.1, 0.15) is 5.69 Å². The van der Waals surface area contributed by atoms with Gasteiger partial charge in [0.15, 0.2) is 5.69 Å². The monoisotopic (exact) mass is 363 g/mol. The molecule has 114 valence electrons. The van der Waals surface area contributed by atoms with Crippen molar-refractivity contribution in [2.75, 3.05) is 7.11 Å². The number of nitrogens with zero attached hydrogens (tertiary/aromatic N) is 2. The number of halogens is 1. The molecule has 0 saturated heterocycles. The summed E-state index contributed by atoms with van der Waals surface area (Å²) in [6, 6.07) is 7.42. The van der Waals surface area contributed by atoms with Gasteiger partial charge in [-0.1, -0.05) is 34.1 Å². The number of ether oxygens (including phenoxy) is 1. The first-order valence-electron chi connectivity index (χ1n) is 6.48. The van der Waals surface area contributed by atoms with Gasteiger partial charge in [-0.25, -0.2) is 14.8 Å².